The van der Waals surface area contributed by atoms with Gasteiger partial charge in [0, 0.05) is 6.20 Å². The summed E-state index contributed by atoms with van der Waals surface area (Å²) in [6, 6.07) is 1.77. The van der Waals surface area contributed by atoms with E-state index < -0.39 is 10.0 Å². The lowest BCUT2D eigenvalue weighted by Crippen LogP contribution is -2.30. The van der Waals surface area contributed by atoms with Crippen molar-refractivity contribution in [2.75, 3.05) is 5.75 Å². The molecule has 1 aliphatic rings. The summed E-state index contributed by atoms with van der Waals surface area (Å²) in [6.07, 6.45) is 7.29. The minimum Gasteiger partial charge on any atom is -0.281 e. The van der Waals surface area contributed by atoms with Crippen LogP contribution in [0.15, 0.2) is 12.3 Å². The van der Waals surface area contributed by atoms with Crippen molar-refractivity contribution in [1.82, 2.24) is 14.9 Å². The molecule has 1 heterocycles. The summed E-state index contributed by atoms with van der Waals surface area (Å²) in [6.45, 7) is 0.301. The predicted molar refractivity (Wildman–Crippen MR) is 65.8 cm³/mol. The van der Waals surface area contributed by atoms with E-state index in [4.69, 9.17) is 0 Å². The predicted octanol–water partition coefficient (Wildman–Crippen LogP) is 1.41. The first-order valence-electron chi connectivity index (χ1n) is 6.11. The van der Waals surface area contributed by atoms with Crippen LogP contribution in [0.1, 0.15) is 37.8 Å². The van der Waals surface area contributed by atoms with Gasteiger partial charge < -0.3 is 0 Å². The SMILES string of the molecule is O=S(=O)(CC1CCCCC1)NCc1ccn[nH]1. The monoisotopic (exact) mass is 257 g/mol. The molecule has 0 unspecified atom stereocenters. The third-order valence-electron chi connectivity index (χ3n) is 3.22. The summed E-state index contributed by atoms with van der Waals surface area (Å²) in [4.78, 5) is 0. The van der Waals surface area contributed by atoms with E-state index in [0.717, 1.165) is 18.5 Å². The highest BCUT2D eigenvalue weighted by atomic mass is 32.2. The molecule has 5 nitrogen and oxygen atoms in total. The Morgan fingerprint density at radius 2 is 2.12 bits per heavy atom. The Morgan fingerprint density at radius 3 is 2.76 bits per heavy atom. The molecular weight excluding hydrogens is 238 g/mol. The van der Waals surface area contributed by atoms with Crippen molar-refractivity contribution in [1.29, 1.82) is 0 Å². The van der Waals surface area contributed by atoms with E-state index in [9.17, 15) is 8.42 Å². The Kier molecular flexibility index (Phi) is 4.17. The Bertz CT molecular complexity index is 422. The summed E-state index contributed by atoms with van der Waals surface area (Å²) >= 11 is 0. The number of H-pyrrole nitrogens is 1. The van der Waals surface area contributed by atoms with Gasteiger partial charge >= 0.3 is 0 Å². The minimum absolute atomic E-state index is 0.265. The maximum absolute atomic E-state index is 11.8. The zero-order valence-corrected chi connectivity index (χ0v) is 10.7. The highest BCUT2D eigenvalue weighted by molar-refractivity contribution is 7.89. The largest absolute Gasteiger partial charge is 0.281 e. The van der Waals surface area contributed by atoms with Gasteiger partial charge in [-0.3, -0.25) is 5.10 Å². The number of hydrogen-bond donors (Lipinski definition) is 2. The molecule has 0 aromatic carbocycles. The molecule has 0 amide bonds. The van der Waals surface area contributed by atoms with Crippen LogP contribution in [-0.4, -0.2) is 24.4 Å². The maximum atomic E-state index is 11.8. The lowest BCUT2D eigenvalue weighted by molar-refractivity contribution is 0.384. The van der Waals surface area contributed by atoms with Crippen LogP contribution in [0.4, 0.5) is 0 Å². The fourth-order valence-corrected chi connectivity index (χ4v) is 3.74. The van der Waals surface area contributed by atoms with Gasteiger partial charge in [-0.05, 0) is 24.8 Å². The van der Waals surface area contributed by atoms with E-state index in [1.807, 2.05) is 0 Å². The molecule has 17 heavy (non-hydrogen) atoms. The van der Waals surface area contributed by atoms with E-state index in [0.29, 0.717) is 12.5 Å². The third kappa shape index (κ3) is 4.12. The molecule has 0 atom stereocenters. The third-order valence-corrected chi connectivity index (χ3v) is 4.72. The molecule has 1 aliphatic carbocycles. The number of aromatic amines is 1. The Hall–Kier alpha value is -0.880. The normalized spacial score (nSPS) is 18.4. The number of hydrogen-bond acceptors (Lipinski definition) is 3. The van der Waals surface area contributed by atoms with Crippen molar-refractivity contribution in [2.45, 2.75) is 38.6 Å². The quantitative estimate of drug-likeness (QED) is 0.837. The van der Waals surface area contributed by atoms with Crippen LogP contribution in [0.25, 0.3) is 0 Å². The van der Waals surface area contributed by atoms with Gasteiger partial charge in [-0.1, -0.05) is 19.3 Å². The van der Waals surface area contributed by atoms with Crippen LogP contribution in [0.2, 0.25) is 0 Å². The van der Waals surface area contributed by atoms with Gasteiger partial charge in [0.1, 0.15) is 0 Å². The van der Waals surface area contributed by atoms with Crippen LogP contribution in [0.5, 0.6) is 0 Å². The number of sulfonamides is 1. The molecule has 0 spiro atoms. The molecule has 2 N–H and O–H groups in total. The van der Waals surface area contributed by atoms with Gasteiger partial charge in [-0.15, -0.1) is 0 Å². The number of aromatic nitrogens is 2. The average molecular weight is 257 g/mol. The van der Waals surface area contributed by atoms with Crippen molar-refractivity contribution in [3.8, 4) is 0 Å². The molecule has 1 aromatic heterocycles. The molecule has 0 bridgehead atoms. The van der Waals surface area contributed by atoms with Gasteiger partial charge in [0.05, 0.1) is 18.0 Å². The topological polar surface area (TPSA) is 74.8 Å². The second-order valence-electron chi connectivity index (χ2n) is 4.69. The van der Waals surface area contributed by atoms with Gasteiger partial charge in [0.2, 0.25) is 10.0 Å². The molecular formula is C11H19N3O2S. The molecule has 96 valence electrons. The minimum atomic E-state index is -3.16. The van der Waals surface area contributed by atoms with E-state index in [1.54, 1.807) is 12.3 Å². The van der Waals surface area contributed by atoms with Crippen molar-refractivity contribution >= 4 is 10.0 Å². The zero-order valence-electron chi connectivity index (χ0n) is 9.85. The van der Waals surface area contributed by atoms with Gasteiger partial charge in [0.15, 0.2) is 0 Å². The van der Waals surface area contributed by atoms with Crippen LogP contribution >= 0.6 is 0 Å². The second-order valence-corrected chi connectivity index (χ2v) is 6.54. The molecule has 0 radical (unpaired) electrons. The highest BCUT2D eigenvalue weighted by Gasteiger charge is 2.20. The van der Waals surface area contributed by atoms with E-state index >= 15 is 0 Å². The summed E-state index contributed by atoms with van der Waals surface area (Å²) in [5.74, 6) is 0.601. The standard InChI is InChI=1S/C11H19N3O2S/c15-17(16,9-10-4-2-1-3-5-10)13-8-11-6-7-12-14-11/h6-7,10,13H,1-5,8-9H2,(H,12,14). The molecule has 2 rings (SSSR count). The van der Waals surface area contributed by atoms with Gasteiger partial charge in [-0.2, -0.15) is 5.10 Å². The van der Waals surface area contributed by atoms with E-state index in [2.05, 4.69) is 14.9 Å². The Balaban J connectivity index is 1.81. The van der Waals surface area contributed by atoms with Crippen molar-refractivity contribution in [2.24, 2.45) is 5.92 Å². The van der Waals surface area contributed by atoms with E-state index in [1.165, 1.54) is 19.3 Å². The smallest absolute Gasteiger partial charge is 0.212 e. The Labute approximate surface area is 102 Å². The van der Waals surface area contributed by atoms with Gasteiger partial charge in [-0.25, -0.2) is 13.1 Å². The van der Waals surface area contributed by atoms with Crippen molar-refractivity contribution in [3.63, 3.8) is 0 Å². The first-order chi connectivity index (χ1) is 8.16. The second kappa shape index (κ2) is 5.64. The summed E-state index contributed by atoms with van der Waals surface area (Å²) in [5, 5.41) is 6.52. The lowest BCUT2D eigenvalue weighted by Gasteiger charge is -2.21. The summed E-state index contributed by atoms with van der Waals surface area (Å²) in [7, 11) is -3.16. The van der Waals surface area contributed by atoms with Gasteiger partial charge in [0.25, 0.3) is 0 Å². The molecule has 0 saturated heterocycles. The molecule has 6 heteroatoms. The van der Waals surface area contributed by atoms with Crippen LogP contribution in [0, 0.1) is 5.92 Å². The fraction of sp³-hybridized carbons (Fsp3) is 0.727. The summed E-state index contributed by atoms with van der Waals surface area (Å²) in [5.41, 5.74) is 0.789. The fourth-order valence-electron chi connectivity index (χ4n) is 2.29. The molecule has 0 aliphatic heterocycles. The summed E-state index contributed by atoms with van der Waals surface area (Å²) < 4.78 is 26.3. The zero-order chi connectivity index (χ0) is 12.1. The highest BCUT2D eigenvalue weighted by Crippen LogP contribution is 2.24. The maximum Gasteiger partial charge on any atom is 0.212 e. The van der Waals surface area contributed by atoms with Crippen LogP contribution in [-0.2, 0) is 16.6 Å². The number of nitrogens with one attached hydrogen (secondary N) is 2. The average Bonchev–Trinajstić information content (AvgIpc) is 2.80. The molecule has 1 aromatic rings. The Morgan fingerprint density at radius 1 is 1.35 bits per heavy atom. The first-order valence-corrected chi connectivity index (χ1v) is 7.76. The van der Waals surface area contributed by atoms with Crippen LogP contribution < -0.4 is 4.72 Å². The number of rotatable bonds is 5. The lowest BCUT2D eigenvalue weighted by atomic mass is 9.91. The molecule has 1 saturated carbocycles. The van der Waals surface area contributed by atoms with E-state index in [-0.39, 0.29) is 5.75 Å². The number of nitrogens with zero attached hydrogens (tertiary/aromatic N) is 1. The van der Waals surface area contributed by atoms with Crippen molar-refractivity contribution < 1.29 is 8.42 Å². The molecule has 1 fully saturated rings. The first kappa shape index (κ1) is 12.6. The van der Waals surface area contributed by atoms with Crippen LogP contribution in [0.3, 0.4) is 0 Å². The van der Waals surface area contributed by atoms with Crippen molar-refractivity contribution in [3.05, 3.63) is 18.0 Å².